The Morgan fingerprint density at radius 1 is 1.05 bits per heavy atom. The van der Waals surface area contributed by atoms with Gasteiger partial charge < -0.3 is 15.2 Å². The predicted molar refractivity (Wildman–Crippen MR) is 85.2 cm³/mol. The van der Waals surface area contributed by atoms with Gasteiger partial charge in [0.25, 0.3) is 0 Å². The van der Waals surface area contributed by atoms with Crippen LogP contribution in [0, 0.1) is 0 Å². The van der Waals surface area contributed by atoms with Crippen molar-refractivity contribution in [3.05, 3.63) is 65.2 Å². The minimum absolute atomic E-state index is 0.0891. The summed E-state index contributed by atoms with van der Waals surface area (Å²) >= 11 is 0. The first-order valence-electron chi connectivity index (χ1n) is 7.38. The zero-order valence-corrected chi connectivity index (χ0v) is 12.7. The third kappa shape index (κ3) is 4.31. The summed E-state index contributed by atoms with van der Waals surface area (Å²) in [5, 5.41) is 12.6. The fourth-order valence-corrected chi connectivity index (χ4v) is 2.27. The number of hydrogen-bond acceptors (Lipinski definition) is 3. The Hall–Kier alpha value is -1.84. The van der Waals surface area contributed by atoms with Gasteiger partial charge in [-0.1, -0.05) is 42.5 Å². The Morgan fingerprint density at radius 3 is 2.38 bits per heavy atom. The van der Waals surface area contributed by atoms with Gasteiger partial charge in [0.2, 0.25) is 0 Å². The summed E-state index contributed by atoms with van der Waals surface area (Å²) in [6, 6.07) is 16.3. The second-order valence-electron chi connectivity index (χ2n) is 5.05. The lowest BCUT2D eigenvalue weighted by Gasteiger charge is -2.18. The molecule has 0 aliphatic rings. The highest BCUT2D eigenvalue weighted by atomic mass is 16.5. The van der Waals surface area contributed by atoms with E-state index < -0.39 is 0 Å². The van der Waals surface area contributed by atoms with Gasteiger partial charge in [-0.25, -0.2) is 0 Å². The second kappa shape index (κ2) is 7.81. The molecule has 0 heterocycles. The summed E-state index contributed by atoms with van der Waals surface area (Å²) in [6.07, 6.45) is 0. The molecule has 0 bridgehead atoms. The van der Waals surface area contributed by atoms with E-state index >= 15 is 0 Å². The Labute approximate surface area is 126 Å². The summed E-state index contributed by atoms with van der Waals surface area (Å²) in [5.74, 6) is 0.940. The molecule has 0 aliphatic carbocycles. The lowest BCUT2D eigenvalue weighted by Crippen LogP contribution is -2.18. The molecule has 2 rings (SSSR count). The van der Waals surface area contributed by atoms with E-state index in [4.69, 9.17) is 9.84 Å². The predicted octanol–water partition coefficient (Wildman–Crippen LogP) is 3.43. The Kier molecular flexibility index (Phi) is 5.78. The van der Waals surface area contributed by atoms with E-state index in [1.54, 1.807) is 0 Å². The Balaban J connectivity index is 1.99. The van der Waals surface area contributed by atoms with Gasteiger partial charge in [0.15, 0.2) is 0 Å². The van der Waals surface area contributed by atoms with Crippen LogP contribution in [0.2, 0.25) is 0 Å². The fourth-order valence-electron chi connectivity index (χ4n) is 2.27. The maximum atomic E-state index is 9.05. The molecular weight excluding hydrogens is 262 g/mol. The molecule has 0 spiro atoms. The highest BCUT2D eigenvalue weighted by Gasteiger charge is 2.10. The van der Waals surface area contributed by atoms with E-state index in [1.165, 1.54) is 11.1 Å². The van der Waals surface area contributed by atoms with Crippen molar-refractivity contribution < 1.29 is 9.84 Å². The van der Waals surface area contributed by atoms with Crippen molar-refractivity contribution in [3.63, 3.8) is 0 Å². The SMILES string of the molecule is CCOc1ccccc1C(C)NCc1ccc(CO)cc1. The maximum absolute atomic E-state index is 9.05. The first-order chi connectivity index (χ1) is 10.2. The van der Waals surface area contributed by atoms with Crippen molar-refractivity contribution in [1.82, 2.24) is 5.32 Å². The minimum atomic E-state index is 0.0891. The van der Waals surface area contributed by atoms with Gasteiger partial charge in [-0.3, -0.25) is 0 Å². The highest BCUT2D eigenvalue weighted by molar-refractivity contribution is 5.35. The van der Waals surface area contributed by atoms with Crippen LogP contribution < -0.4 is 10.1 Å². The number of nitrogens with one attached hydrogen (secondary N) is 1. The second-order valence-corrected chi connectivity index (χ2v) is 5.05. The van der Waals surface area contributed by atoms with Crippen molar-refractivity contribution in [2.75, 3.05) is 6.61 Å². The third-order valence-electron chi connectivity index (χ3n) is 3.50. The van der Waals surface area contributed by atoms with Crippen molar-refractivity contribution in [2.24, 2.45) is 0 Å². The molecule has 0 fully saturated rings. The van der Waals surface area contributed by atoms with E-state index in [0.717, 1.165) is 17.9 Å². The van der Waals surface area contributed by atoms with Crippen LogP contribution in [-0.2, 0) is 13.2 Å². The molecule has 0 amide bonds. The van der Waals surface area contributed by atoms with Gasteiger partial charge in [0.1, 0.15) is 5.75 Å². The summed E-state index contributed by atoms with van der Waals surface area (Å²) in [7, 11) is 0. The lowest BCUT2D eigenvalue weighted by molar-refractivity contribution is 0.282. The summed E-state index contributed by atoms with van der Waals surface area (Å²) in [6.45, 7) is 5.68. The molecule has 3 heteroatoms. The average molecular weight is 285 g/mol. The first kappa shape index (κ1) is 15.5. The van der Waals surface area contributed by atoms with Crippen LogP contribution >= 0.6 is 0 Å². The molecule has 112 valence electrons. The average Bonchev–Trinajstić information content (AvgIpc) is 2.54. The van der Waals surface area contributed by atoms with Gasteiger partial charge >= 0.3 is 0 Å². The van der Waals surface area contributed by atoms with Crippen molar-refractivity contribution in [3.8, 4) is 5.75 Å². The number of hydrogen-bond donors (Lipinski definition) is 2. The van der Waals surface area contributed by atoms with Crippen LogP contribution in [0.15, 0.2) is 48.5 Å². The van der Waals surface area contributed by atoms with Gasteiger partial charge in [-0.15, -0.1) is 0 Å². The minimum Gasteiger partial charge on any atom is -0.494 e. The van der Waals surface area contributed by atoms with Crippen LogP contribution in [0.4, 0.5) is 0 Å². The Morgan fingerprint density at radius 2 is 1.71 bits per heavy atom. The molecule has 2 N–H and O–H groups in total. The van der Waals surface area contributed by atoms with Crippen molar-refractivity contribution >= 4 is 0 Å². The molecular formula is C18H23NO2. The smallest absolute Gasteiger partial charge is 0.124 e. The number of para-hydroxylation sites is 1. The van der Waals surface area contributed by atoms with Crippen LogP contribution in [0.1, 0.15) is 36.6 Å². The van der Waals surface area contributed by atoms with E-state index in [1.807, 2.05) is 49.4 Å². The van der Waals surface area contributed by atoms with Gasteiger partial charge in [0, 0.05) is 18.2 Å². The number of benzene rings is 2. The zero-order valence-electron chi connectivity index (χ0n) is 12.7. The molecule has 1 atom stereocenters. The topological polar surface area (TPSA) is 41.5 Å². The van der Waals surface area contributed by atoms with E-state index in [2.05, 4.69) is 18.3 Å². The fraction of sp³-hybridized carbons (Fsp3) is 0.333. The van der Waals surface area contributed by atoms with Crippen LogP contribution in [0.5, 0.6) is 5.75 Å². The number of aliphatic hydroxyl groups excluding tert-OH is 1. The normalized spacial score (nSPS) is 12.1. The number of rotatable bonds is 7. The molecule has 0 saturated carbocycles. The standard InChI is InChI=1S/C18H23NO2/c1-3-21-18-7-5-4-6-17(18)14(2)19-12-15-8-10-16(13-20)11-9-15/h4-11,14,19-20H,3,12-13H2,1-2H3. The molecule has 0 aromatic heterocycles. The van der Waals surface area contributed by atoms with Gasteiger partial charge in [-0.05, 0) is 31.0 Å². The molecule has 2 aromatic carbocycles. The molecule has 0 saturated heterocycles. The zero-order chi connectivity index (χ0) is 15.1. The van der Waals surface area contributed by atoms with Crippen LogP contribution in [0.25, 0.3) is 0 Å². The summed E-state index contributed by atoms with van der Waals surface area (Å²) < 4.78 is 5.67. The maximum Gasteiger partial charge on any atom is 0.124 e. The van der Waals surface area contributed by atoms with E-state index in [9.17, 15) is 0 Å². The number of aliphatic hydroxyl groups is 1. The number of ether oxygens (including phenoxy) is 1. The van der Waals surface area contributed by atoms with E-state index in [-0.39, 0.29) is 12.6 Å². The van der Waals surface area contributed by atoms with E-state index in [0.29, 0.717) is 6.61 Å². The van der Waals surface area contributed by atoms with Crippen LogP contribution in [-0.4, -0.2) is 11.7 Å². The Bertz CT molecular complexity index is 551. The first-order valence-corrected chi connectivity index (χ1v) is 7.38. The van der Waals surface area contributed by atoms with Crippen LogP contribution in [0.3, 0.4) is 0 Å². The quantitative estimate of drug-likeness (QED) is 0.819. The van der Waals surface area contributed by atoms with Gasteiger partial charge in [-0.2, -0.15) is 0 Å². The van der Waals surface area contributed by atoms with Crippen molar-refractivity contribution in [1.29, 1.82) is 0 Å². The summed E-state index contributed by atoms with van der Waals surface area (Å²) in [4.78, 5) is 0. The molecule has 1 unspecified atom stereocenters. The lowest BCUT2D eigenvalue weighted by atomic mass is 10.1. The molecule has 0 aliphatic heterocycles. The third-order valence-corrected chi connectivity index (χ3v) is 3.50. The molecule has 2 aromatic rings. The molecule has 0 radical (unpaired) electrons. The summed E-state index contributed by atoms with van der Waals surface area (Å²) in [5.41, 5.74) is 3.31. The van der Waals surface area contributed by atoms with Crippen molar-refractivity contribution in [2.45, 2.75) is 33.0 Å². The molecule has 3 nitrogen and oxygen atoms in total. The monoisotopic (exact) mass is 285 g/mol. The molecule has 21 heavy (non-hydrogen) atoms. The van der Waals surface area contributed by atoms with Gasteiger partial charge in [0.05, 0.1) is 13.2 Å². The highest BCUT2D eigenvalue weighted by Crippen LogP contribution is 2.25. The largest absolute Gasteiger partial charge is 0.494 e.